The van der Waals surface area contributed by atoms with Gasteiger partial charge in [-0.3, -0.25) is 13.8 Å². The van der Waals surface area contributed by atoms with Crippen molar-refractivity contribution in [1.82, 2.24) is 0 Å². The molecule has 0 aromatic heterocycles. The first-order chi connectivity index (χ1) is 27.4. The maximum atomic E-state index is 12.5. The Hall–Kier alpha value is -2.84. The number of carbonyl (C=O) groups excluding carboxylic acids is 1. The van der Waals surface area contributed by atoms with Crippen molar-refractivity contribution >= 4 is 13.8 Å². The van der Waals surface area contributed by atoms with Crippen LogP contribution in [0.15, 0.2) is 109 Å². The molecule has 0 radical (unpaired) electrons. The molecule has 56 heavy (non-hydrogen) atoms. The zero-order valence-corrected chi connectivity index (χ0v) is 36.0. The van der Waals surface area contributed by atoms with E-state index in [1.165, 1.54) is 38.5 Å². The van der Waals surface area contributed by atoms with Gasteiger partial charge in [0.1, 0.15) is 6.10 Å². The number of carbonyl (C=O) groups is 1. The van der Waals surface area contributed by atoms with E-state index < -0.39 is 19.9 Å². The Morgan fingerprint density at radius 3 is 1.41 bits per heavy atom. The summed E-state index contributed by atoms with van der Waals surface area (Å²) in [7, 11) is -4.31. The van der Waals surface area contributed by atoms with E-state index in [9.17, 15) is 14.3 Å². The van der Waals surface area contributed by atoms with Gasteiger partial charge in [0.15, 0.2) is 0 Å². The van der Waals surface area contributed by atoms with Gasteiger partial charge in [-0.05, 0) is 77.0 Å². The van der Waals surface area contributed by atoms with Gasteiger partial charge in [-0.15, -0.1) is 0 Å². The lowest BCUT2D eigenvalue weighted by Gasteiger charge is -2.19. The third-order valence-corrected chi connectivity index (χ3v) is 9.20. The first-order valence-corrected chi connectivity index (χ1v) is 22.9. The fraction of sp³-hybridized carbons (Fsp3) is 0.596. The highest BCUT2D eigenvalue weighted by Gasteiger charge is 2.25. The molecule has 0 saturated heterocycles. The quantitative estimate of drug-likeness (QED) is 0.0273. The number of unbranched alkanes of at least 4 members (excludes halogenated alkanes) is 9. The highest BCUT2D eigenvalue weighted by atomic mass is 31.2. The zero-order valence-electron chi connectivity index (χ0n) is 35.1. The van der Waals surface area contributed by atoms with Crippen LogP contribution in [0.25, 0.3) is 0 Å². The van der Waals surface area contributed by atoms with Gasteiger partial charge in [-0.25, -0.2) is 4.57 Å². The fourth-order valence-corrected chi connectivity index (χ4v) is 5.94. The molecule has 0 fully saturated rings. The van der Waals surface area contributed by atoms with Crippen LogP contribution in [-0.4, -0.2) is 49.9 Å². The van der Waals surface area contributed by atoms with E-state index >= 15 is 0 Å². The molecular formula is C47H78NO7P. The number of esters is 1. The van der Waals surface area contributed by atoms with Crippen LogP contribution in [0.1, 0.15) is 142 Å². The Morgan fingerprint density at radius 1 is 0.536 bits per heavy atom. The Bertz CT molecular complexity index is 1210. The molecule has 318 valence electrons. The molecule has 0 saturated carbocycles. The second-order valence-corrected chi connectivity index (χ2v) is 14.9. The van der Waals surface area contributed by atoms with Crippen molar-refractivity contribution in [3.8, 4) is 0 Å². The van der Waals surface area contributed by atoms with Crippen LogP contribution in [0, 0.1) is 0 Å². The zero-order chi connectivity index (χ0) is 40.9. The van der Waals surface area contributed by atoms with E-state index in [4.69, 9.17) is 24.3 Å². The lowest BCUT2D eigenvalue weighted by atomic mass is 10.1. The van der Waals surface area contributed by atoms with Gasteiger partial charge in [0.2, 0.25) is 0 Å². The predicted molar refractivity (Wildman–Crippen MR) is 237 cm³/mol. The fourth-order valence-electron chi connectivity index (χ4n) is 5.18. The van der Waals surface area contributed by atoms with Gasteiger partial charge in [0, 0.05) is 13.2 Å². The van der Waals surface area contributed by atoms with E-state index in [2.05, 4.69) is 111 Å². The lowest BCUT2D eigenvalue weighted by Crippen LogP contribution is -2.28. The van der Waals surface area contributed by atoms with Gasteiger partial charge in [-0.1, -0.05) is 168 Å². The second-order valence-electron chi connectivity index (χ2n) is 13.5. The summed E-state index contributed by atoms with van der Waals surface area (Å²) in [6.45, 7) is 4.51. The van der Waals surface area contributed by atoms with Gasteiger partial charge >= 0.3 is 13.8 Å². The number of allylic oxidation sites excluding steroid dienone is 17. The minimum absolute atomic E-state index is 0.0647. The van der Waals surface area contributed by atoms with Crippen LogP contribution < -0.4 is 5.73 Å². The number of phosphoric acid groups is 1. The Balaban J connectivity index is 4.15. The van der Waals surface area contributed by atoms with Crippen LogP contribution in [0.2, 0.25) is 0 Å². The molecular weight excluding hydrogens is 721 g/mol. The van der Waals surface area contributed by atoms with Crippen LogP contribution in [0.3, 0.4) is 0 Å². The van der Waals surface area contributed by atoms with Crippen molar-refractivity contribution in [2.24, 2.45) is 5.73 Å². The molecule has 0 aromatic carbocycles. The molecule has 0 rings (SSSR count). The van der Waals surface area contributed by atoms with E-state index in [1.54, 1.807) is 6.08 Å². The highest BCUT2D eigenvalue weighted by Crippen LogP contribution is 2.43. The summed E-state index contributed by atoms with van der Waals surface area (Å²) in [6, 6.07) is 0. The van der Waals surface area contributed by atoms with Crippen LogP contribution in [0.5, 0.6) is 0 Å². The smallest absolute Gasteiger partial charge is 0.457 e. The molecule has 2 atom stereocenters. The van der Waals surface area contributed by atoms with Crippen molar-refractivity contribution in [1.29, 1.82) is 0 Å². The van der Waals surface area contributed by atoms with Gasteiger partial charge in [-0.2, -0.15) is 0 Å². The topological polar surface area (TPSA) is 117 Å². The molecule has 3 N–H and O–H groups in total. The molecule has 0 aromatic rings. The maximum absolute atomic E-state index is 12.5. The first-order valence-electron chi connectivity index (χ1n) is 21.4. The van der Waals surface area contributed by atoms with Gasteiger partial charge < -0.3 is 20.1 Å². The molecule has 0 bridgehead atoms. The molecule has 2 unspecified atom stereocenters. The molecule has 0 aliphatic carbocycles. The highest BCUT2D eigenvalue weighted by molar-refractivity contribution is 7.47. The Labute approximate surface area is 342 Å². The molecule has 0 amide bonds. The molecule has 8 nitrogen and oxygen atoms in total. The number of nitrogens with two attached hydrogens (primary N) is 1. The van der Waals surface area contributed by atoms with Crippen molar-refractivity contribution in [2.45, 2.75) is 148 Å². The van der Waals surface area contributed by atoms with Crippen LogP contribution in [0.4, 0.5) is 0 Å². The molecule has 0 heterocycles. The summed E-state index contributed by atoms with van der Waals surface area (Å²) >= 11 is 0. The van der Waals surface area contributed by atoms with E-state index in [-0.39, 0.29) is 32.8 Å². The predicted octanol–water partition coefficient (Wildman–Crippen LogP) is 12.9. The number of hydrogen-bond donors (Lipinski definition) is 2. The first kappa shape index (κ1) is 53.2. The van der Waals surface area contributed by atoms with Crippen molar-refractivity contribution in [3.05, 3.63) is 109 Å². The SMILES string of the molecule is CC/C=C\C/C=C\C/C=C\C/C=C\C/C=C\CC(=O)OC(COCCCCCCCCCCC/C=C\C/C=C\C/C=C\C/C=C\CC)COP(=O)(O)OCCN. The minimum atomic E-state index is -4.31. The Morgan fingerprint density at radius 2 is 0.946 bits per heavy atom. The number of phosphoric ester groups is 1. The van der Waals surface area contributed by atoms with E-state index in [0.29, 0.717) is 13.0 Å². The monoisotopic (exact) mass is 800 g/mol. The van der Waals surface area contributed by atoms with Crippen LogP contribution in [-0.2, 0) is 27.9 Å². The average molecular weight is 800 g/mol. The third kappa shape index (κ3) is 42.3. The summed E-state index contributed by atoms with van der Waals surface area (Å²) in [4.78, 5) is 22.4. The largest absolute Gasteiger partial charge is 0.472 e. The summed E-state index contributed by atoms with van der Waals surface area (Å²) in [5.74, 6) is -0.464. The van der Waals surface area contributed by atoms with Gasteiger partial charge in [0.25, 0.3) is 0 Å². The average Bonchev–Trinajstić information content (AvgIpc) is 3.19. The Kier molecular flexibility index (Phi) is 41.1. The van der Waals surface area contributed by atoms with Gasteiger partial charge in [0.05, 0.1) is 26.2 Å². The minimum Gasteiger partial charge on any atom is -0.457 e. The number of ether oxygens (including phenoxy) is 2. The van der Waals surface area contributed by atoms with E-state index in [1.807, 2.05) is 6.08 Å². The third-order valence-electron chi connectivity index (χ3n) is 8.22. The number of rotatable bonds is 39. The van der Waals surface area contributed by atoms with Crippen molar-refractivity contribution in [2.75, 3.05) is 33.0 Å². The molecule has 0 aliphatic heterocycles. The summed E-state index contributed by atoms with van der Waals surface area (Å²) in [5.41, 5.74) is 5.36. The lowest BCUT2D eigenvalue weighted by molar-refractivity contribution is -0.153. The van der Waals surface area contributed by atoms with Crippen molar-refractivity contribution in [3.63, 3.8) is 0 Å². The molecule has 0 aliphatic rings. The number of hydrogen-bond acceptors (Lipinski definition) is 7. The van der Waals surface area contributed by atoms with Crippen molar-refractivity contribution < 1.29 is 32.8 Å². The summed E-state index contributed by atoms with van der Waals surface area (Å²) in [6.07, 6.45) is 58.5. The van der Waals surface area contributed by atoms with E-state index in [0.717, 1.165) is 77.0 Å². The molecule has 9 heteroatoms. The standard InChI is InChI=1S/C47H78NO7P/c1-3-5-7-9-11-13-15-17-19-20-21-22-23-24-25-27-29-31-33-35-37-39-42-52-44-46(45-54-56(50,51)53-43-41-48)55-47(49)40-38-36-34-32-30-28-26-18-16-14-12-10-8-6-4-2/h5-8,11-14,17-19,21-22,26,30,32,36,38,46H,3-4,9-10,15-16,20,23-25,27-29,31,33-35,37,39-45,48H2,1-2H3,(H,50,51)/b7-5-,8-6-,13-11-,14-12-,19-17-,22-21-,26-18-,32-30-,38-36-. The second kappa shape index (κ2) is 43.3. The normalized spacial score (nSPS) is 14.6. The molecule has 0 spiro atoms. The summed E-state index contributed by atoms with van der Waals surface area (Å²) in [5, 5.41) is 0. The maximum Gasteiger partial charge on any atom is 0.472 e. The summed E-state index contributed by atoms with van der Waals surface area (Å²) < 4.78 is 33.3. The van der Waals surface area contributed by atoms with Crippen LogP contribution >= 0.6 is 7.82 Å².